The van der Waals surface area contributed by atoms with E-state index in [9.17, 15) is 9.18 Å². The zero-order chi connectivity index (χ0) is 18.6. The lowest BCUT2D eigenvalue weighted by Gasteiger charge is -2.05. The SMILES string of the molecule is O=C(Cc1cn(Cc2ccc(F)cc2)c2ccccc12)Nc1cc[nH+]cc1.[Cl-]. The van der Waals surface area contributed by atoms with Gasteiger partial charge < -0.3 is 22.3 Å². The molecule has 2 N–H and O–H groups in total. The van der Waals surface area contributed by atoms with Gasteiger partial charge >= 0.3 is 0 Å². The molecule has 28 heavy (non-hydrogen) atoms. The van der Waals surface area contributed by atoms with E-state index in [1.807, 2.05) is 42.6 Å². The highest BCUT2D eigenvalue weighted by molar-refractivity contribution is 5.95. The molecule has 1 amide bonds. The predicted octanol–water partition coefficient (Wildman–Crippen LogP) is 0.828. The largest absolute Gasteiger partial charge is 1.00 e. The van der Waals surface area contributed by atoms with Crippen molar-refractivity contribution in [1.82, 2.24) is 4.57 Å². The van der Waals surface area contributed by atoms with Gasteiger partial charge in [0.15, 0.2) is 12.4 Å². The summed E-state index contributed by atoms with van der Waals surface area (Å²) in [5, 5.41) is 3.96. The van der Waals surface area contributed by atoms with Crippen molar-refractivity contribution in [2.45, 2.75) is 13.0 Å². The lowest BCUT2D eigenvalue weighted by Crippen LogP contribution is -3.00. The van der Waals surface area contributed by atoms with Crippen LogP contribution in [-0.2, 0) is 17.8 Å². The van der Waals surface area contributed by atoms with Crippen LogP contribution in [-0.4, -0.2) is 10.5 Å². The van der Waals surface area contributed by atoms with Crippen LogP contribution in [0, 0.1) is 5.82 Å². The van der Waals surface area contributed by atoms with Crippen molar-refractivity contribution in [1.29, 1.82) is 0 Å². The van der Waals surface area contributed by atoms with E-state index in [0.717, 1.165) is 27.7 Å². The highest BCUT2D eigenvalue weighted by atomic mass is 35.5. The Morgan fingerprint density at radius 1 is 1.00 bits per heavy atom. The molecule has 0 saturated heterocycles. The number of aromatic nitrogens is 2. The van der Waals surface area contributed by atoms with E-state index in [1.54, 1.807) is 24.5 Å². The predicted molar refractivity (Wildman–Crippen MR) is 103 cm³/mol. The number of aromatic amines is 1. The number of anilines is 1. The number of carbonyl (C=O) groups excluding carboxylic acids is 1. The lowest BCUT2D eigenvalue weighted by atomic mass is 10.1. The minimum absolute atomic E-state index is 0. The fraction of sp³-hybridized carbons (Fsp3) is 0.0909. The third kappa shape index (κ3) is 4.38. The Kier molecular flexibility index (Phi) is 6.06. The Morgan fingerprint density at radius 3 is 2.46 bits per heavy atom. The average molecular weight is 396 g/mol. The summed E-state index contributed by atoms with van der Waals surface area (Å²) in [5.41, 5.74) is 3.79. The fourth-order valence-electron chi connectivity index (χ4n) is 3.23. The number of amides is 1. The minimum atomic E-state index is -0.244. The van der Waals surface area contributed by atoms with Crippen LogP contribution in [0.5, 0.6) is 0 Å². The molecule has 0 aliphatic heterocycles. The third-order valence-electron chi connectivity index (χ3n) is 4.49. The number of benzene rings is 2. The van der Waals surface area contributed by atoms with E-state index in [-0.39, 0.29) is 30.6 Å². The molecule has 2 aromatic carbocycles. The first-order valence-electron chi connectivity index (χ1n) is 8.76. The van der Waals surface area contributed by atoms with E-state index in [4.69, 9.17) is 0 Å². The van der Waals surface area contributed by atoms with Crippen molar-refractivity contribution in [2.75, 3.05) is 5.32 Å². The Hall–Kier alpha value is -3.18. The number of hydrogen-bond acceptors (Lipinski definition) is 1. The van der Waals surface area contributed by atoms with Gasteiger partial charge in [-0.15, -0.1) is 0 Å². The second-order valence-electron chi connectivity index (χ2n) is 6.44. The van der Waals surface area contributed by atoms with Gasteiger partial charge in [-0.05, 0) is 29.3 Å². The molecule has 0 unspecified atom stereocenters. The van der Waals surface area contributed by atoms with Crippen LogP contribution >= 0.6 is 0 Å². The third-order valence-corrected chi connectivity index (χ3v) is 4.49. The standard InChI is InChI=1S/C22H18FN3O.ClH/c23-18-7-5-16(6-8-18)14-26-15-17(20-3-1-2-4-21(20)26)13-22(27)25-19-9-11-24-12-10-19;/h1-12,15H,13-14H2,(H,24,25,27);1H. The number of fused-ring (bicyclic) bond motifs is 1. The van der Waals surface area contributed by atoms with Crippen molar-refractivity contribution >= 4 is 22.5 Å². The number of halogens is 2. The molecule has 2 heterocycles. The van der Waals surface area contributed by atoms with E-state index >= 15 is 0 Å². The molecule has 0 fully saturated rings. The molecular formula is C22H19ClFN3O. The number of hydrogen-bond donors (Lipinski definition) is 1. The van der Waals surface area contributed by atoms with Crippen LogP contribution in [0.3, 0.4) is 0 Å². The zero-order valence-corrected chi connectivity index (χ0v) is 15.8. The molecule has 0 aliphatic rings. The maximum Gasteiger partial charge on any atom is 0.228 e. The Morgan fingerprint density at radius 2 is 1.71 bits per heavy atom. The molecule has 4 rings (SSSR count). The number of para-hydroxylation sites is 1. The molecule has 0 saturated carbocycles. The van der Waals surface area contributed by atoms with Crippen LogP contribution in [0.25, 0.3) is 10.9 Å². The van der Waals surface area contributed by atoms with E-state index in [1.165, 1.54) is 12.1 Å². The average Bonchev–Trinajstić information content (AvgIpc) is 3.02. The molecule has 6 heteroatoms. The van der Waals surface area contributed by atoms with Gasteiger partial charge in [0, 0.05) is 35.8 Å². The molecule has 0 atom stereocenters. The van der Waals surface area contributed by atoms with Crippen molar-refractivity contribution < 1.29 is 26.6 Å². The number of rotatable bonds is 5. The molecular weight excluding hydrogens is 377 g/mol. The van der Waals surface area contributed by atoms with Gasteiger partial charge in [0.25, 0.3) is 0 Å². The zero-order valence-electron chi connectivity index (χ0n) is 15.0. The molecule has 142 valence electrons. The topological polar surface area (TPSA) is 48.2 Å². The van der Waals surface area contributed by atoms with E-state index in [2.05, 4.69) is 14.9 Å². The second kappa shape index (κ2) is 8.67. The Balaban J connectivity index is 0.00000225. The van der Waals surface area contributed by atoms with E-state index < -0.39 is 0 Å². The highest BCUT2D eigenvalue weighted by Gasteiger charge is 2.12. The molecule has 0 radical (unpaired) electrons. The second-order valence-corrected chi connectivity index (χ2v) is 6.44. The molecule has 0 bridgehead atoms. The summed E-state index contributed by atoms with van der Waals surface area (Å²) < 4.78 is 15.3. The van der Waals surface area contributed by atoms with Crippen LogP contribution in [0.1, 0.15) is 11.1 Å². The van der Waals surface area contributed by atoms with Gasteiger partial charge in [0.2, 0.25) is 5.91 Å². The van der Waals surface area contributed by atoms with Crippen molar-refractivity contribution in [3.05, 3.63) is 96.2 Å². The van der Waals surface area contributed by atoms with E-state index in [0.29, 0.717) is 6.54 Å². The summed E-state index contributed by atoms with van der Waals surface area (Å²) in [7, 11) is 0. The first-order chi connectivity index (χ1) is 13.2. The van der Waals surface area contributed by atoms with Crippen molar-refractivity contribution in [3.8, 4) is 0 Å². The monoisotopic (exact) mass is 395 g/mol. The summed E-state index contributed by atoms with van der Waals surface area (Å²) in [5.74, 6) is -0.308. The quantitative estimate of drug-likeness (QED) is 0.534. The van der Waals surface area contributed by atoms with Gasteiger partial charge in [-0.1, -0.05) is 30.3 Å². The molecule has 4 aromatic rings. The number of pyridine rings is 1. The van der Waals surface area contributed by atoms with Crippen LogP contribution in [0.4, 0.5) is 10.1 Å². The first kappa shape index (κ1) is 19.6. The number of carbonyl (C=O) groups is 1. The molecule has 0 spiro atoms. The highest BCUT2D eigenvalue weighted by Crippen LogP contribution is 2.23. The van der Waals surface area contributed by atoms with Gasteiger partial charge in [-0.2, -0.15) is 0 Å². The summed E-state index contributed by atoms with van der Waals surface area (Å²) >= 11 is 0. The molecule has 2 aromatic heterocycles. The maximum absolute atomic E-state index is 13.2. The Bertz CT molecular complexity index is 1080. The van der Waals surface area contributed by atoms with Gasteiger partial charge in [0.1, 0.15) is 5.82 Å². The molecule has 0 aliphatic carbocycles. The summed E-state index contributed by atoms with van der Waals surface area (Å²) in [6, 6.07) is 18.1. The van der Waals surface area contributed by atoms with Crippen LogP contribution < -0.4 is 22.7 Å². The number of nitrogens with zero attached hydrogens (tertiary/aromatic N) is 1. The van der Waals surface area contributed by atoms with Gasteiger partial charge in [0.05, 0.1) is 12.1 Å². The minimum Gasteiger partial charge on any atom is -1.00 e. The van der Waals surface area contributed by atoms with Gasteiger partial charge in [-0.25, -0.2) is 9.37 Å². The van der Waals surface area contributed by atoms with Crippen molar-refractivity contribution in [2.24, 2.45) is 0 Å². The maximum atomic E-state index is 13.2. The lowest BCUT2D eigenvalue weighted by molar-refractivity contribution is -0.377. The van der Waals surface area contributed by atoms with Crippen LogP contribution in [0.15, 0.2) is 79.3 Å². The fourth-order valence-corrected chi connectivity index (χ4v) is 3.23. The summed E-state index contributed by atoms with van der Waals surface area (Å²) in [6.07, 6.45) is 5.83. The van der Waals surface area contributed by atoms with Crippen molar-refractivity contribution in [3.63, 3.8) is 0 Å². The van der Waals surface area contributed by atoms with Gasteiger partial charge in [-0.3, -0.25) is 4.79 Å². The summed E-state index contributed by atoms with van der Waals surface area (Å²) in [6.45, 7) is 0.622. The first-order valence-corrected chi connectivity index (χ1v) is 8.76. The summed E-state index contributed by atoms with van der Waals surface area (Å²) in [4.78, 5) is 15.4. The molecule has 4 nitrogen and oxygen atoms in total. The number of H-pyrrole nitrogens is 1. The smallest absolute Gasteiger partial charge is 0.228 e. The normalized spacial score (nSPS) is 10.5. The Labute approximate surface area is 168 Å². The van der Waals surface area contributed by atoms with Crippen LogP contribution in [0.2, 0.25) is 0 Å². The number of nitrogens with one attached hydrogen (secondary N) is 2.